The number of benzene rings is 1. The third-order valence-corrected chi connectivity index (χ3v) is 6.03. The maximum atomic E-state index is 12.5. The molecule has 0 bridgehead atoms. The summed E-state index contributed by atoms with van der Waals surface area (Å²) in [6.07, 6.45) is 10.1. The zero-order valence-electron chi connectivity index (χ0n) is 18.8. The third-order valence-electron chi connectivity index (χ3n) is 6.03. The highest BCUT2D eigenvalue weighted by Crippen LogP contribution is 2.26. The Morgan fingerprint density at radius 3 is 2.69 bits per heavy atom. The van der Waals surface area contributed by atoms with Gasteiger partial charge in [0.05, 0.1) is 0 Å². The van der Waals surface area contributed by atoms with Crippen LogP contribution in [0.5, 0.6) is 0 Å². The average molecular weight is 550 g/mol. The van der Waals surface area contributed by atoms with Gasteiger partial charge in [-0.1, -0.05) is 36.8 Å². The highest BCUT2D eigenvalue weighted by atomic mass is 127. The second kappa shape index (κ2) is 12.2. The van der Waals surface area contributed by atoms with Crippen molar-refractivity contribution in [2.24, 2.45) is 10.9 Å². The van der Waals surface area contributed by atoms with Gasteiger partial charge < -0.3 is 20.5 Å². The van der Waals surface area contributed by atoms with Crippen LogP contribution in [0.4, 0.5) is 0 Å². The summed E-state index contributed by atoms with van der Waals surface area (Å²) in [5, 5.41) is 10.1. The molecule has 3 N–H and O–H groups in total. The van der Waals surface area contributed by atoms with E-state index in [4.69, 9.17) is 4.99 Å². The van der Waals surface area contributed by atoms with E-state index in [1.165, 1.54) is 5.56 Å². The lowest BCUT2D eigenvalue weighted by molar-refractivity contribution is -0.126. The predicted molar refractivity (Wildman–Crippen MR) is 138 cm³/mol. The highest BCUT2D eigenvalue weighted by Gasteiger charge is 2.31. The summed E-state index contributed by atoms with van der Waals surface area (Å²) < 4.78 is 2.14. The van der Waals surface area contributed by atoms with E-state index in [0.29, 0.717) is 12.6 Å². The van der Waals surface area contributed by atoms with Gasteiger partial charge in [-0.2, -0.15) is 0 Å². The van der Waals surface area contributed by atoms with Gasteiger partial charge in [0, 0.05) is 43.5 Å². The van der Waals surface area contributed by atoms with Crippen LogP contribution in [-0.4, -0.2) is 40.0 Å². The van der Waals surface area contributed by atoms with Crippen LogP contribution in [0, 0.1) is 5.92 Å². The molecule has 0 radical (unpaired) electrons. The summed E-state index contributed by atoms with van der Waals surface area (Å²) in [5.74, 6) is 2.08. The van der Waals surface area contributed by atoms with Crippen molar-refractivity contribution in [3.8, 4) is 0 Å². The van der Waals surface area contributed by atoms with Gasteiger partial charge in [-0.3, -0.25) is 4.79 Å². The van der Waals surface area contributed by atoms with E-state index >= 15 is 0 Å². The number of imidazole rings is 1. The number of aliphatic imine (C=N–C) groups is 1. The molecule has 0 saturated heterocycles. The first-order chi connectivity index (χ1) is 15.2. The maximum absolute atomic E-state index is 12.5. The molecule has 7 nitrogen and oxygen atoms in total. The largest absolute Gasteiger partial charge is 0.357 e. The molecule has 174 valence electrons. The van der Waals surface area contributed by atoms with Crippen LogP contribution < -0.4 is 16.0 Å². The molecule has 0 aliphatic heterocycles. The van der Waals surface area contributed by atoms with E-state index in [1.54, 1.807) is 0 Å². The molecule has 2 fully saturated rings. The fraction of sp³-hybridized carbons (Fsp3) is 0.542. The van der Waals surface area contributed by atoms with Crippen LogP contribution in [0.25, 0.3) is 0 Å². The summed E-state index contributed by atoms with van der Waals surface area (Å²) in [5.41, 5.74) is 1.24. The first-order valence-corrected chi connectivity index (χ1v) is 11.6. The molecule has 2 saturated carbocycles. The minimum Gasteiger partial charge on any atom is -0.357 e. The second-order valence-electron chi connectivity index (χ2n) is 8.64. The van der Waals surface area contributed by atoms with E-state index < -0.39 is 0 Å². The molecule has 4 rings (SSSR count). The smallest absolute Gasteiger partial charge is 0.223 e. The van der Waals surface area contributed by atoms with Crippen molar-refractivity contribution in [3.63, 3.8) is 0 Å². The fourth-order valence-electron chi connectivity index (χ4n) is 4.18. The van der Waals surface area contributed by atoms with Crippen molar-refractivity contribution in [2.75, 3.05) is 6.54 Å². The quantitative estimate of drug-likeness (QED) is 0.267. The number of nitrogens with zero attached hydrogens (tertiary/aromatic N) is 3. The zero-order valence-corrected chi connectivity index (χ0v) is 21.1. The topological polar surface area (TPSA) is 83.3 Å². The van der Waals surface area contributed by atoms with Gasteiger partial charge in [0.2, 0.25) is 5.91 Å². The number of hydrogen-bond donors (Lipinski definition) is 3. The second-order valence-corrected chi connectivity index (χ2v) is 8.64. The molecule has 2 aromatic rings. The van der Waals surface area contributed by atoms with Gasteiger partial charge in [-0.15, -0.1) is 24.0 Å². The van der Waals surface area contributed by atoms with Gasteiger partial charge in [0.25, 0.3) is 0 Å². The number of aromatic nitrogens is 2. The Labute approximate surface area is 207 Å². The van der Waals surface area contributed by atoms with Crippen LogP contribution >= 0.6 is 24.0 Å². The van der Waals surface area contributed by atoms with E-state index in [-0.39, 0.29) is 41.8 Å². The zero-order chi connectivity index (χ0) is 21.5. The van der Waals surface area contributed by atoms with Crippen molar-refractivity contribution in [2.45, 2.75) is 70.6 Å². The number of amides is 1. The van der Waals surface area contributed by atoms with Crippen LogP contribution in [0.3, 0.4) is 0 Å². The van der Waals surface area contributed by atoms with Crippen LogP contribution in [0.15, 0.2) is 47.7 Å². The number of halogens is 1. The summed E-state index contributed by atoms with van der Waals surface area (Å²) in [7, 11) is 0. The van der Waals surface area contributed by atoms with Gasteiger partial charge in [-0.05, 0) is 44.6 Å². The van der Waals surface area contributed by atoms with Crippen molar-refractivity contribution in [3.05, 3.63) is 54.1 Å². The van der Waals surface area contributed by atoms with E-state index in [1.807, 2.05) is 18.5 Å². The lowest BCUT2D eigenvalue weighted by Gasteiger charge is -2.30. The Morgan fingerprint density at radius 2 is 1.94 bits per heavy atom. The number of rotatable bonds is 8. The molecule has 0 spiro atoms. The van der Waals surface area contributed by atoms with Crippen LogP contribution in [0.1, 0.15) is 56.8 Å². The molecular weight excluding hydrogens is 515 g/mol. The monoisotopic (exact) mass is 550 g/mol. The number of guanidine groups is 1. The van der Waals surface area contributed by atoms with Gasteiger partial charge >= 0.3 is 0 Å². The summed E-state index contributed by atoms with van der Waals surface area (Å²) in [4.78, 5) is 21.8. The Hall–Kier alpha value is -2.10. The molecule has 32 heavy (non-hydrogen) atoms. The van der Waals surface area contributed by atoms with Gasteiger partial charge in [-0.25, -0.2) is 9.98 Å². The van der Waals surface area contributed by atoms with Crippen molar-refractivity contribution < 1.29 is 4.79 Å². The van der Waals surface area contributed by atoms with E-state index in [2.05, 4.69) is 56.7 Å². The number of carbonyl (C=O) groups is 1. The minimum atomic E-state index is 0. The number of carbonyl (C=O) groups excluding carboxylic acids is 1. The molecule has 2 aliphatic rings. The van der Waals surface area contributed by atoms with Crippen LogP contribution in [0.2, 0.25) is 0 Å². The summed E-state index contributed by atoms with van der Waals surface area (Å²) in [6.45, 7) is 4.16. The van der Waals surface area contributed by atoms with Crippen molar-refractivity contribution >= 4 is 35.8 Å². The average Bonchev–Trinajstić information content (AvgIpc) is 3.50. The molecule has 1 aromatic heterocycles. The normalized spacial score (nSPS) is 20.8. The number of hydrogen-bond acceptors (Lipinski definition) is 3. The van der Waals surface area contributed by atoms with Crippen molar-refractivity contribution in [1.82, 2.24) is 25.5 Å². The first kappa shape index (κ1) is 24.5. The molecule has 1 aromatic carbocycles. The van der Waals surface area contributed by atoms with Crippen LogP contribution in [-0.2, 0) is 17.9 Å². The Balaban J connectivity index is 0.00000289. The Morgan fingerprint density at radius 1 is 1.12 bits per heavy atom. The fourth-order valence-corrected chi connectivity index (χ4v) is 4.18. The minimum absolute atomic E-state index is 0. The third kappa shape index (κ3) is 7.21. The molecule has 1 amide bonds. The van der Waals surface area contributed by atoms with Gasteiger partial charge in [0.15, 0.2) is 5.96 Å². The lowest BCUT2D eigenvalue weighted by atomic mass is 9.85. The van der Waals surface area contributed by atoms with Gasteiger partial charge in [0.1, 0.15) is 12.4 Å². The molecular formula is C24H35IN6O. The standard InChI is InChI=1S/C24H34N6O.HI/c1-2-25-24(29-21-10-6-9-19(15-21)23(31)28-20-11-12-20)27-16-22-26-13-14-30(22)17-18-7-4-3-5-8-18;/h3-5,7-8,13-14,19-21H,2,6,9-12,15-17H2,1H3,(H,28,31)(H2,25,27,29);1H. The Bertz CT molecular complexity index is 880. The lowest BCUT2D eigenvalue weighted by Crippen LogP contribution is -2.47. The molecule has 8 heteroatoms. The molecule has 2 aliphatic carbocycles. The molecule has 2 atom stereocenters. The Kier molecular flexibility index (Phi) is 9.37. The maximum Gasteiger partial charge on any atom is 0.223 e. The SMILES string of the molecule is CCNC(=NCc1nccn1Cc1ccccc1)NC1CCCC(C(=O)NC2CC2)C1.I. The molecule has 2 unspecified atom stereocenters. The molecule has 1 heterocycles. The number of nitrogens with one attached hydrogen (secondary N) is 3. The van der Waals surface area contributed by atoms with Crippen molar-refractivity contribution in [1.29, 1.82) is 0 Å². The first-order valence-electron chi connectivity index (χ1n) is 11.6. The highest BCUT2D eigenvalue weighted by molar-refractivity contribution is 14.0. The van der Waals surface area contributed by atoms with E-state index in [0.717, 1.165) is 63.4 Å². The predicted octanol–water partition coefficient (Wildman–Crippen LogP) is 3.44. The summed E-state index contributed by atoms with van der Waals surface area (Å²) >= 11 is 0. The summed E-state index contributed by atoms with van der Waals surface area (Å²) in [6, 6.07) is 11.1. The van der Waals surface area contributed by atoms with E-state index in [9.17, 15) is 4.79 Å².